The number of aromatic nitrogens is 4. The first-order valence-electron chi connectivity index (χ1n) is 8.36. The van der Waals surface area contributed by atoms with Crippen molar-refractivity contribution in [1.82, 2.24) is 19.7 Å². The molecule has 1 N–H and O–H groups in total. The van der Waals surface area contributed by atoms with Crippen LogP contribution in [0, 0.1) is 6.92 Å². The van der Waals surface area contributed by atoms with Crippen molar-refractivity contribution in [3.63, 3.8) is 0 Å². The summed E-state index contributed by atoms with van der Waals surface area (Å²) in [5.41, 5.74) is 2.23. The van der Waals surface area contributed by atoms with Crippen LogP contribution in [0.15, 0.2) is 18.6 Å². The Bertz CT molecular complexity index is 856. The van der Waals surface area contributed by atoms with Crippen LogP contribution in [-0.2, 0) is 12.0 Å². The maximum Gasteiger partial charge on any atom is 0.138 e. The average Bonchev–Trinajstić information content (AvgIpc) is 3.10. The van der Waals surface area contributed by atoms with Crippen LogP contribution in [0.1, 0.15) is 56.8 Å². The van der Waals surface area contributed by atoms with E-state index in [2.05, 4.69) is 74.2 Å². The zero-order valence-corrected chi connectivity index (χ0v) is 16.0. The number of thiophene rings is 1. The Balaban J connectivity index is 1.91. The highest BCUT2D eigenvalue weighted by atomic mass is 32.1. The van der Waals surface area contributed by atoms with E-state index in [1.54, 1.807) is 17.7 Å². The van der Waals surface area contributed by atoms with Crippen molar-refractivity contribution < 1.29 is 0 Å². The van der Waals surface area contributed by atoms with Crippen molar-refractivity contribution in [2.75, 3.05) is 5.32 Å². The van der Waals surface area contributed by atoms with Crippen molar-refractivity contribution in [3.05, 3.63) is 34.7 Å². The van der Waals surface area contributed by atoms with Crippen molar-refractivity contribution in [2.24, 2.45) is 0 Å². The first-order valence-corrected chi connectivity index (χ1v) is 9.18. The van der Waals surface area contributed by atoms with Gasteiger partial charge in [0.15, 0.2) is 0 Å². The quantitative estimate of drug-likeness (QED) is 0.747. The van der Waals surface area contributed by atoms with Gasteiger partial charge in [-0.25, -0.2) is 9.97 Å². The summed E-state index contributed by atoms with van der Waals surface area (Å²) in [6, 6.07) is 2.32. The molecule has 0 bridgehead atoms. The maximum absolute atomic E-state index is 4.67. The lowest BCUT2D eigenvalue weighted by Crippen LogP contribution is -2.22. The highest BCUT2D eigenvalue weighted by Gasteiger charge is 2.20. The van der Waals surface area contributed by atoms with E-state index in [0.29, 0.717) is 0 Å². The van der Waals surface area contributed by atoms with Gasteiger partial charge in [-0.15, -0.1) is 11.3 Å². The zero-order chi connectivity index (χ0) is 17.5. The van der Waals surface area contributed by atoms with E-state index in [1.807, 2.05) is 4.68 Å². The molecule has 0 spiro atoms. The van der Waals surface area contributed by atoms with E-state index in [4.69, 9.17) is 0 Å². The molecule has 0 aliphatic carbocycles. The summed E-state index contributed by atoms with van der Waals surface area (Å²) in [5, 5.41) is 9.32. The first kappa shape index (κ1) is 16.9. The molecule has 0 radical (unpaired) electrons. The molecule has 3 rings (SSSR count). The Morgan fingerprint density at radius 3 is 2.67 bits per heavy atom. The molecule has 0 saturated carbocycles. The lowest BCUT2D eigenvalue weighted by Gasteiger charge is -2.19. The number of hydrogen-bond acceptors (Lipinski definition) is 5. The Kier molecular flexibility index (Phi) is 4.34. The Morgan fingerprint density at radius 2 is 2.04 bits per heavy atom. The molecule has 0 aromatic carbocycles. The molecular weight excluding hydrogens is 318 g/mol. The molecule has 0 fully saturated rings. The predicted molar refractivity (Wildman–Crippen MR) is 101 cm³/mol. The van der Waals surface area contributed by atoms with Crippen LogP contribution in [0.3, 0.4) is 0 Å². The van der Waals surface area contributed by atoms with Crippen LogP contribution in [0.5, 0.6) is 0 Å². The molecule has 128 valence electrons. The van der Waals surface area contributed by atoms with Gasteiger partial charge in [0.25, 0.3) is 0 Å². The Labute approximate surface area is 147 Å². The molecule has 1 atom stereocenters. The van der Waals surface area contributed by atoms with Crippen molar-refractivity contribution in [3.8, 4) is 0 Å². The van der Waals surface area contributed by atoms with Gasteiger partial charge in [0.2, 0.25) is 0 Å². The molecule has 3 aromatic heterocycles. The van der Waals surface area contributed by atoms with E-state index in [1.165, 1.54) is 10.4 Å². The van der Waals surface area contributed by atoms with Gasteiger partial charge in [0.05, 0.1) is 22.7 Å². The van der Waals surface area contributed by atoms with Crippen LogP contribution >= 0.6 is 11.3 Å². The summed E-state index contributed by atoms with van der Waals surface area (Å²) < 4.78 is 2.03. The van der Waals surface area contributed by atoms with E-state index < -0.39 is 0 Å². The molecule has 0 saturated heterocycles. The predicted octanol–water partition coefficient (Wildman–Crippen LogP) is 4.69. The summed E-state index contributed by atoms with van der Waals surface area (Å²) in [4.78, 5) is 11.2. The average molecular weight is 344 g/mol. The van der Waals surface area contributed by atoms with E-state index in [-0.39, 0.29) is 11.6 Å². The van der Waals surface area contributed by atoms with Crippen LogP contribution in [0.4, 0.5) is 5.82 Å². The third-order valence-electron chi connectivity index (χ3n) is 4.17. The SMILES string of the molecule is CCc1cc2c(NC(C)c3cn(C(C)(C)C)nc3C)ncnc2s1. The third-order valence-corrected chi connectivity index (χ3v) is 5.36. The summed E-state index contributed by atoms with van der Waals surface area (Å²) in [6.45, 7) is 12.9. The zero-order valence-electron chi connectivity index (χ0n) is 15.2. The standard InChI is InChI=1S/C18H25N5S/c1-7-13-8-14-16(19-10-20-17(14)24-13)21-11(2)15-9-23(18(4,5)6)22-12(15)3/h8-11H,7H2,1-6H3,(H,19,20,21). The van der Waals surface area contributed by atoms with Crippen molar-refractivity contribution >= 4 is 27.4 Å². The molecule has 24 heavy (non-hydrogen) atoms. The summed E-state index contributed by atoms with van der Waals surface area (Å²) in [6.07, 6.45) is 4.79. The summed E-state index contributed by atoms with van der Waals surface area (Å²) in [5.74, 6) is 0.895. The van der Waals surface area contributed by atoms with Gasteiger partial charge < -0.3 is 5.32 Å². The van der Waals surface area contributed by atoms with Crippen LogP contribution < -0.4 is 5.32 Å². The molecule has 0 aliphatic heterocycles. The fourth-order valence-electron chi connectivity index (χ4n) is 2.72. The molecular formula is C18H25N5S. The smallest absolute Gasteiger partial charge is 0.138 e. The normalized spacial score (nSPS) is 13.4. The van der Waals surface area contributed by atoms with E-state index >= 15 is 0 Å². The lowest BCUT2D eigenvalue weighted by atomic mass is 10.1. The fourth-order valence-corrected chi connectivity index (χ4v) is 3.65. The number of anilines is 1. The van der Waals surface area contributed by atoms with Crippen molar-refractivity contribution in [1.29, 1.82) is 0 Å². The number of aryl methyl sites for hydroxylation is 2. The molecule has 5 nitrogen and oxygen atoms in total. The molecule has 0 amide bonds. The van der Waals surface area contributed by atoms with Gasteiger partial charge in [-0.05, 0) is 47.1 Å². The number of hydrogen-bond donors (Lipinski definition) is 1. The van der Waals surface area contributed by atoms with Crippen LogP contribution in [-0.4, -0.2) is 19.7 Å². The lowest BCUT2D eigenvalue weighted by molar-refractivity contribution is 0.354. The third kappa shape index (κ3) is 3.15. The summed E-state index contributed by atoms with van der Waals surface area (Å²) in [7, 11) is 0. The molecule has 1 unspecified atom stereocenters. The molecule has 0 aliphatic rings. The number of rotatable bonds is 4. The van der Waals surface area contributed by atoms with E-state index in [0.717, 1.165) is 28.1 Å². The van der Waals surface area contributed by atoms with Gasteiger partial charge in [-0.3, -0.25) is 4.68 Å². The minimum absolute atomic E-state index is 0.0195. The number of nitrogens with one attached hydrogen (secondary N) is 1. The number of nitrogens with zero attached hydrogens (tertiary/aromatic N) is 4. The molecule has 6 heteroatoms. The highest BCUT2D eigenvalue weighted by molar-refractivity contribution is 7.18. The second-order valence-corrected chi connectivity index (χ2v) is 8.27. The second kappa shape index (κ2) is 6.16. The van der Waals surface area contributed by atoms with Crippen molar-refractivity contribution in [2.45, 2.75) is 59.5 Å². The van der Waals surface area contributed by atoms with Gasteiger partial charge in [0.1, 0.15) is 17.0 Å². The highest BCUT2D eigenvalue weighted by Crippen LogP contribution is 2.31. The second-order valence-electron chi connectivity index (χ2n) is 7.16. The first-order chi connectivity index (χ1) is 11.3. The monoisotopic (exact) mass is 343 g/mol. The molecule has 3 heterocycles. The van der Waals surface area contributed by atoms with Crippen LogP contribution in [0.25, 0.3) is 10.2 Å². The summed E-state index contributed by atoms with van der Waals surface area (Å²) >= 11 is 1.74. The number of fused-ring (bicyclic) bond motifs is 1. The van der Waals surface area contributed by atoms with Gasteiger partial charge in [-0.1, -0.05) is 6.92 Å². The van der Waals surface area contributed by atoms with Gasteiger partial charge >= 0.3 is 0 Å². The topological polar surface area (TPSA) is 55.6 Å². The fraction of sp³-hybridized carbons (Fsp3) is 0.500. The molecule has 3 aromatic rings. The van der Waals surface area contributed by atoms with Crippen LogP contribution in [0.2, 0.25) is 0 Å². The Hall–Kier alpha value is -1.95. The van der Waals surface area contributed by atoms with E-state index in [9.17, 15) is 0 Å². The largest absolute Gasteiger partial charge is 0.363 e. The van der Waals surface area contributed by atoms with Gasteiger partial charge in [0, 0.05) is 16.6 Å². The maximum atomic E-state index is 4.67. The Morgan fingerprint density at radius 1 is 1.29 bits per heavy atom. The minimum Gasteiger partial charge on any atom is -0.363 e. The minimum atomic E-state index is -0.0195. The van der Waals surface area contributed by atoms with Gasteiger partial charge in [-0.2, -0.15) is 5.10 Å².